The molecule has 0 unspecified atom stereocenters. The highest BCUT2D eigenvalue weighted by Crippen LogP contribution is 2.25. The number of aromatic nitrogens is 3. The van der Waals surface area contributed by atoms with Gasteiger partial charge in [-0.05, 0) is 51.1 Å². The molecule has 2 aromatic heterocycles. The van der Waals surface area contributed by atoms with Crippen molar-refractivity contribution in [2.75, 3.05) is 50.0 Å². The third kappa shape index (κ3) is 6.90. The molecule has 41 heavy (non-hydrogen) atoms. The predicted octanol–water partition coefficient (Wildman–Crippen LogP) is 3.09. The maximum Gasteiger partial charge on any atom is 0.322 e. The first-order chi connectivity index (χ1) is 19.6. The molecule has 4 heterocycles. The van der Waals surface area contributed by atoms with E-state index in [2.05, 4.69) is 20.7 Å². The number of urea groups is 1. The van der Waals surface area contributed by atoms with Gasteiger partial charge in [0.05, 0.1) is 49.3 Å². The molecule has 3 aromatic rings. The molecule has 2 fully saturated rings. The first-order valence-corrected chi connectivity index (χ1v) is 13.6. The standard InChI is InChI=1S/C29H35N7O5/c1-29(2,3)41-22-17-36(18-22)28(39)31-21-7-5-6-19(14-21)23-15-24(27(38)34(4)33-23)32-25-9-8-20(16-30-25)26(37)35-10-12-40-13-11-35/h5-9,14-16,22H,10-13,17-18H2,1-4H3,(H,30,32)(H,31,39). The van der Waals surface area contributed by atoms with Crippen LogP contribution in [-0.4, -0.2) is 87.6 Å². The van der Waals surface area contributed by atoms with Gasteiger partial charge in [-0.25, -0.2) is 14.5 Å². The zero-order valence-corrected chi connectivity index (χ0v) is 23.7. The number of aryl methyl sites for hydroxylation is 1. The lowest BCUT2D eigenvalue weighted by atomic mass is 10.1. The normalized spacial score (nSPS) is 15.8. The maximum atomic E-state index is 12.8. The van der Waals surface area contributed by atoms with Crippen molar-refractivity contribution in [1.29, 1.82) is 0 Å². The Balaban J connectivity index is 1.26. The summed E-state index contributed by atoms with van der Waals surface area (Å²) in [7, 11) is 1.57. The minimum absolute atomic E-state index is 0.0313. The topological polar surface area (TPSA) is 131 Å². The highest BCUT2D eigenvalue weighted by molar-refractivity contribution is 5.94. The van der Waals surface area contributed by atoms with Crippen molar-refractivity contribution >= 4 is 29.1 Å². The molecule has 2 N–H and O–H groups in total. The molecule has 0 atom stereocenters. The molecule has 216 valence electrons. The van der Waals surface area contributed by atoms with Gasteiger partial charge in [-0.2, -0.15) is 5.10 Å². The van der Waals surface area contributed by atoms with Crippen molar-refractivity contribution in [3.05, 3.63) is 64.6 Å². The van der Waals surface area contributed by atoms with E-state index in [1.54, 1.807) is 41.1 Å². The molecule has 3 amide bonds. The number of likely N-dealkylation sites (tertiary alicyclic amines) is 1. The van der Waals surface area contributed by atoms with Gasteiger partial charge < -0.3 is 29.9 Å². The summed E-state index contributed by atoms with van der Waals surface area (Å²) in [5.74, 6) is 0.315. The Morgan fingerprint density at radius 3 is 2.49 bits per heavy atom. The minimum atomic E-state index is -0.335. The fourth-order valence-corrected chi connectivity index (χ4v) is 4.66. The second-order valence-corrected chi connectivity index (χ2v) is 11.1. The number of carbonyl (C=O) groups is 2. The van der Waals surface area contributed by atoms with Gasteiger partial charge in [0.2, 0.25) is 0 Å². The Morgan fingerprint density at radius 2 is 1.80 bits per heavy atom. The summed E-state index contributed by atoms with van der Waals surface area (Å²) < 4.78 is 12.5. The van der Waals surface area contributed by atoms with Crippen molar-refractivity contribution < 1.29 is 19.1 Å². The Morgan fingerprint density at radius 1 is 1.05 bits per heavy atom. The Labute approximate surface area is 238 Å². The van der Waals surface area contributed by atoms with Crippen LogP contribution in [0.25, 0.3) is 11.3 Å². The summed E-state index contributed by atoms with van der Waals surface area (Å²) in [6.07, 6.45) is 1.53. The van der Waals surface area contributed by atoms with Crippen LogP contribution in [0.2, 0.25) is 0 Å². The summed E-state index contributed by atoms with van der Waals surface area (Å²) >= 11 is 0. The van der Waals surface area contributed by atoms with E-state index in [0.717, 1.165) is 5.56 Å². The maximum absolute atomic E-state index is 12.8. The van der Waals surface area contributed by atoms with Gasteiger partial charge in [-0.3, -0.25) is 9.59 Å². The molecule has 0 spiro atoms. The van der Waals surface area contributed by atoms with Gasteiger partial charge in [0, 0.05) is 37.6 Å². The molecule has 2 aliphatic heterocycles. The fourth-order valence-electron chi connectivity index (χ4n) is 4.66. The number of ether oxygens (including phenoxy) is 2. The molecule has 2 saturated heterocycles. The number of pyridine rings is 1. The van der Waals surface area contributed by atoms with Crippen LogP contribution in [0.1, 0.15) is 31.1 Å². The first-order valence-electron chi connectivity index (χ1n) is 13.6. The van der Waals surface area contributed by atoms with Crippen LogP contribution >= 0.6 is 0 Å². The van der Waals surface area contributed by atoms with Crippen LogP contribution in [0, 0.1) is 0 Å². The lowest BCUT2D eigenvalue weighted by molar-refractivity contribution is -0.110. The van der Waals surface area contributed by atoms with Gasteiger partial charge in [-0.1, -0.05) is 12.1 Å². The third-order valence-corrected chi connectivity index (χ3v) is 6.70. The molecular weight excluding hydrogens is 526 g/mol. The molecule has 2 aliphatic rings. The zero-order chi connectivity index (χ0) is 29.1. The predicted molar refractivity (Wildman–Crippen MR) is 154 cm³/mol. The van der Waals surface area contributed by atoms with Crippen molar-refractivity contribution in [2.45, 2.75) is 32.5 Å². The summed E-state index contributed by atoms with van der Waals surface area (Å²) in [6.45, 7) is 9.21. The monoisotopic (exact) mass is 561 g/mol. The van der Waals surface area contributed by atoms with E-state index in [-0.39, 0.29) is 34.9 Å². The second kappa shape index (κ2) is 11.7. The van der Waals surface area contributed by atoms with E-state index in [0.29, 0.717) is 62.2 Å². The molecule has 5 rings (SSSR count). The van der Waals surface area contributed by atoms with E-state index in [1.165, 1.54) is 10.9 Å². The van der Waals surface area contributed by atoms with E-state index in [9.17, 15) is 14.4 Å². The molecular formula is C29H35N7O5. The molecule has 0 aliphatic carbocycles. The van der Waals surface area contributed by atoms with Crippen molar-refractivity contribution in [1.82, 2.24) is 24.6 Å². The minimum Gasteiger partial charge on any atom is -0.378 e. The van der Waals surface area contributed by atoms with Crippen molar-refractivity contribution in [3.8, 4) is 11.3 Å². The summed E-state index contributed by atoms with van der Waals surface area (Å²) in [5, 5.41) is 10.4. The van der Waals surface area contributed by atoms with Crippen molar-refractivity contribution in [3.63, 3.8) is 0 Å². The zero-order valence-electron chi connectivity index (χ0n) is 23.7. The number of nitrogens with zero attached hydrogens (tertiary/aromatic N) is 5. The van der Waals surface area contributed by atoms with E-state index in [1.807, 2.05) is 39.0 Å². The number of amides is 3. The highest BCUT2D eigenvalue weighted by Gasteiger charge is 2.34. The molecule has 0 bridgehead atoms. The third-order valence-electron chi connectivity index (χ3n) is 6.70. The number of hydrogen-bond donors (Lipinski definition) is 2. The number of nitrogens with one attached hydrogen (secondary N) is 2. The first kappa shape index (κ1) is 28.2. The SMILES string of the molecule is Cn1nc(-c2cccc(NC(=O)N3CC(OC(C)(C)C)C3)c2)cc(Nc2ccc(C(=O)N3CCOCC3)cn2)c1=O. The number of morpholine rings is 1. The van der Waals surface area contributed by atoms with E-state index in [4.69, 9.17) is 9.47 Å². The van der Waals surface area contributed by atoms with Crippen LogP contribution in [-0.2, 0) is 16.5 Å². The number of anilines is 3. The van der Waals surface area contributed by atoms with Crippen molar-refractivity contribution in [2.24, 2.45) is 7.05 Å². The van der Waals surface area contributed by atoms with Gasteiger partial charge in [0.15, 0.2) is 0 Å². The smallest absolute Gasteiger partial charge is 0.322 e. The summed E-state index contributed by atoms with van der Waals surface area (Å²) in [5.41, 5.74) is 2.02. The number of carbonyl (C=O) groups excluding carboxylic acids is 2. The number of rotatable bonds is 6. The Hall–Kier alpha value is -4.29. The molecule has 1 aromatic carbocycles. The molecule has 0 radical (unpaired) electrons. The van der Waals surface area contributed by atoms with Gasteiger partial charge in [0.25, 0.3) is 11.5 Å². The van der Waals surface area contributed by atoms with Crippen LogP contribution in [0.4, 0.5) is 22.0 Å². The highest BCUT2D eigenvalue weighted by atomic mass is 16.5. The Bertz CT molecular complexity index is 1470. The van der Waals surface area contributed by atoms with Crippen LogP contribution in [0.15, 0.2) is 53.5 Å². The van der Waals surface area contributed by atoms with Gasteiger partial charge in [-0.15, -0.1) is 0 Å². The van der Waals surface area contributed by atoms with Crippen LogP contribution in [0.3, 0.4) is 0 Å². The summed E-state index contributed by atoms with van der Waals surface area (Å²) in [6, 6.07) is 12.1. The Kier molecular flexibility index (Phi) is 8.04. The van der Waals surface area contributed by atoms with E-state index < -0.39 is 0 Å². The van der Waals surface area contributed by atoms with Crippen LogP contribution in [0.5, 0.6) is 0 Å². The summed E-state index contributed by atoms with van der Waals surface area (Å²) in [4.78, 5) is 46.0. The fraction of sp³-hybridized carbons (Fsp3) is 0.414. The largest absolute Gasteiger partial charge is 0.378 e. The van der Waals surface area contributed by atoms with Crippen LogP contribution < -0.4 is 16.2 Å². The second-order valence-electron chi connectivity index (χ2n) is 11.1. The number of benzene rings is 1. The molecule has 12 heteroatoms. The number of hydrogen-bond acceptors (Lipinski definition) is 8. The van der Waals surface area contributed by atoms with Gasteiger partial charge in [0.1, 0.15) is 11.5 Å². The average Bonchev–Trinajstić information content (AvgIpc) is 2.93. The lowest BCUT2D eigenvalue weighted by Gasteiger charge is -2.41. The van der Waals surface area contributed by atoms with E-state index >= 15 is 0 Å². The quantitative estimate of drug-likeness (QED) is 0.470. The van der Waals surface area contributed by atoms with Gasteiger partial charge >= 0.3 is 6.03 Å². The molecule has 12 nitrogen and oxygen atoms in total. The molecule has 0 saturated carbocycles. The average molecular weight is 562 g/mol. The lowest BCUT2D eigenvalue weighted by Crippen LogP contribution is -2.57.